The Morgan fingerprint density at radius 3 is 2.36 bits per heavy atom. The second kappa shape index (κ2) is 10.7. The number of nitrogens with one attached hydrogen (secondary N) is 1. The van der Waals surface area contributed by atoms with Gasteiger partial charge in [0.05, 0.1) is 19.2 Å². The number of anilines is 1. The monoisotopic (exact) mass is 616 g/mol. The van der Waals surface area contributed by atoms with E-state index in [0.29, 0.717) is 12.1 Å². The second-order valence-corrected chi connectivity index (χ2v) is 12.7. The number of ether oxygens (including phenoxy) is 1. The second-order valence-electron chi connectivity index (χ2n) is 10.3. The van der Waals surface area contributed by atoms with E-state index in [1.165, 1.54) is 38.7 Å². The number of methoxy groups -OCH3 is 1. The van der Waals surface area contributed by atoms with Crippen LogP contribution < -0.4 is 10.2 Å². The summed E-state index contributed by atoms with van der Waals surface area (Å²) in [5.74, 6) is -2.12. The minimum atomic E-state index is -10.1. The van der Waals surface area contributed by atoms with Gasteiger partial charge in [-0.25, -0.2) is 0 Å². The maximum atomic E-state index is 14.1. The van der Waals surface area contributed by atoms with Crippen molar-refractivity contribution in [3.8, 4) is 6.19 Å². The molecular formula is C26H29F5N6O4S. The Balaban J connectivity index is 1.81. The Morgan fingerprint density at radius 2 is 1.83 bits per heavy atom. The number of aromatic nitrogens is 1. The van der Waals surface area contributed by atoms with Crippen molar-refractivity contribution in [2.24, 2.45) is 0 Å². The van der Waals surface area contributed by atoms with Gasteiger partial charge in [0.2, 0.25) is 5.91 Å². The third-order valence-electron chi connectivity index (χ3n) is 7.00. The Hall–Kier alpha value is -3.97. The number of likely N-dealkylation sites (tertiary alicyclic amines) is 1. The summed E-state index contributed by atoms with van der Waals surface area (Å²) >= 11 is 0. The summed E-state index contributed by atoms with van der Waals surface area (Å²) in [6.07, 6.45) is 5.62. The molecule has 2 fully saturated rings. The summed E-state index contributed by atoms with van der Waals surface area (Å²) in [7, 11) is -7.36. The number of carbonyl (C=O) groups excluding carboxylic acids is 3. The number of nitriles is 1. The minimum absolute atomic E-state index is 0.00835. The van der Waals surface area contributed by atoms with Crippen molar-refractivity contribution >= 4 is 33.6 Å². The fourth-order valence-electron chi connectivity index (χ4n) is 4.68. The van der Waals surface area contributed by atoms with Gasteiger partial charge < -0.3 is 15.0 Å². The summed E-state index contributed by atoms with van der Waals surface area (Å²) in [5, 5.41) is 12.4. The molecule has 1 aliphatic heterocycles. The van der Waals surface area contributed by atoms with Gasteiger partial charge in [0, 0.05) is 50.3 Å². The first kappa shape index (κ1) is 31.0. The largest absolute Gasteiger partial charge is 0.379 e. The van der Waals surface area contributed by atoms with E-state index in [-0.39, 0.29) is 42.4 Å². The summed E-state index contributed by atoms with van der Waals surface area (Å²) in [6.45, 7) is -0.357. The lowest BCUT2D eigenvalue weighted by Crippen LogP contribution is -2.51. The first-order valence-corrected chi connectivity index (χ1v) is 14.8. The average molecular weight is 617 g/mol. The van der Waals surface area contributed by atoms with Gasteiger partial charge in [-0.1, -0.05) is 25.5 Å². The number of nitrogens with zero attached hydrogens (tertiary/aromatic N) is 5. The van der Waals surface area contributed by atoms with Gasteiger partial charge in [0.15, 0.2) is 6.19 Å². The predicted octanol–water partition coefficient (Wildman–Crippen LogP) is 4.12. The van der Waals surface area contributed by atoms with Gasteiger partial charge in [-0.2, -0.15) is 5.26 Å². The van der Waals surface area contributed by atoms with Crippen molar-refractivity contribution in [2.75, 3.05) is 32.1 Å². The topological polar surface area (TPSA) is 119 Å². The summed E-state index contributed by atoms with van der Waals surface area (Å²) in [5.41, 5.74) is -0.186. The van der Waals surface area contributed by atoms with Gasteiger partial charge in [-0.05, 0) is 43.2 Å². The first-order valence-electron chi connectivity index (χ1n) is 12.8. The van der Waals surface area contributed by atoms with Crippen molar-refractivity contribution in [1.29, 1.82) is 5.26 Å². The van der Waals surface area contributed by atoms with Crippen LogP contribution in [0.4, 0.5) is 25.1 Å². The molecule has 2 aliphatic rings. The molecule has 16 heteroatoms. The zero-order valence-corrected chi connectivity index (χ0v) is 23.4. The highest BCUT2D eigenvalue weighted by Gasteiger charge is 2.65. The van der Waals surface area contributed by atoms with E-state index in [9.17, 15) is 39.1 Å². The third kappa shape index (κ3) is 7.08. The Labute approximate surface area is 238 Å². The van der Waals surface area contributed by atoms with Crippen LogP contribution in [-0.2, 0) is 19.1 Å². The molecule has 2 heterocycles. The zero-order valence-electron chi connectivity index (χ0n) is 22.6. The molecule has 1 saturated carbocycles. The number of likely N-dealkylation sites (N-methyl/N-ethyl adjacent to an activating group) is 1. The smallest absolute Gasteiger partial charge is 0.310 e. The fraction of sp³-hybridized carbons (Fsp3) is 0.423. The highest BCUT2D eigenvalue weighted by Crippen LogP contribution is 3.02. The molecule has 3 amide bonds. The molecule has 1 aromatic heterocycles. The lowest BCUT2D eigenvalue weighted by Gasteiger charge is -2.41. The number of benzene rings is 1. The maximum Gasteiger partial charge on any atom is 0.310 e. The van der Waals surface area contributed by atoms with Gasteiger partial charge >= 0.3 is 10.2 Å². The van der Waals surface area contributed by atoms with Crippen molar-refractivity contribution < 1.29 is 38.5 Å². The van der Waals surface area contributed by atoms with Gasteiger partial charge in [0.25, 0.3) is 11.8 Å². The number of hydrogen-bond donors (Lipinski definition) is 1. The molecule has 1 aromatic carbocycles. The number of hydrogen-bond acceptors (Lipinski definition) is 7. The van der Waals surface area contributed by atoms with Crippen LogP contribution >= 0.6 is 10.2 Å². The van der Waals surface area contributed by atoms with Crippen molar-refractivity contribution in [2.45, 2.75) is 48.4 Å². The number of halogens is 5. The van der Waals surface area contributed by atoms with Crippen LogP contribution in [0.3, 0.4) is 0 Å². The van der Waals surface area contributed by atoms with Crippen LogP contribution in [0, 0.1) is 11.5 Å². The highest BCUT2D eigenvalue weighted by molar-refractivity contribution is 8.45. The molecule has 0 spiro atoms. The summed E-state index contributed by atoms with van der Waals surface area (Å²) in [4.78, 5) is 45.4. The van der Waals surface area contributed by atoms with E-state index in [4.69, 9.17) is 4.74 Å². The summed E-state index contributed by atoms with van der Waals surface area (Å²) in [6, 6.07) is 1.77. The molecule has 1 unspecified atom stereocenters. The maximum absolute atomic E-state index is 14.1. The molecule has 0 radical (unpaired) electrons. The standard InChI is InChI=1S/C26H29F5N6O4S/c1-35(15-23(38)34-18-5-6-18)26(40)24(17-4-3-11-33-13-17)37(25(39)22-12-20(41-2)14-36(22)16-32)19-7-9-21(10-8-19)42(27,28,29,30)31/h3-4,7-11,13,18,20,22,24H,5-6,12,14-15H2,1-2H3,(H,34,38)/t20-,22-,24?/m1/s1. The lowest BCUT2D eigenvalue weighted by molar-refractivity contribution is -0.137. The molecule has 42 heavy (non-hydrogen) atoms. The van der Waals surface area contributed by atoms with Crippen LogP contribution in [-0.4, -0.2) is 77.9 Å². The molecular weight excluding hydrogens is 587 g/mol. The number of amides is 3. The Bertz CT molecular complexity index is 1390. The van der Waals surface area contributed by atoms with Crippen LogP contribution in [0.2, 0.25) is 0 Å². The van der Waals surface area contributed by atoms with Crippen LogP contribution in [0.5, 0.6) is 0 Å². The molecule has 2 aromatic rings. The normalized spacial score (nSPS) is 21.0. The Kier molecular flexibility index (Phi) is 7.89. The van der Waals surface area contributed by atoms with Crippen molar-refractivity contribution in [3.05, 3.63) is 54.4 Å². The van der Waals surface area contributed by atoms with E-state index in [2.05, 4.69) is 10.3 Å². The molecule has 1 saturated heterocycles. The SMILES string of the molecule is CO[C@@H]1C[C@H](C(=O)N(c2ccc(S(F)(F)(F)(F)F)cc2)C(C(=O)N(C)CC(=O)NC2CC2)c2cccnc2)N(C#N)C1. The molecule has 1 aliphatic carbocycles. The lowest BCUT2D eigenvalue weighted by atomic mass is 10.0. The van der Waals surface area contributed by atoms with Gasteiger partial charge in [-0.3, -0.25) is 29.2 Å². The van der Waals surface area contributed by atoms with E-state index >= 15 is 0 Å². The van der Waals surface area contributed by atoms with E-state index in [0.717, 1.165) is 27.5 Å². The molecule has 3 atom stereocenters. The van der Waals surface area contributed by atoms with Crippen molar-refractivity contribution in [3.63, 3.8) is 0 Å². The Morgan fingerprint density at radius 1 is 1.17 bits per heavy atom. The fourth-order valence-corrected chi connectivity index (χ4v) is 5.33. The van der Waals surface area contributed by atoms with Crippen molar-refractivity contribution in [1.82, 2.24) is 20.1 Å². The first-order chi connectivity index (χ1) is 19.5. The van der Waals surface area contributed by atoms with Crippen LogP contribution in [0.25, 0.3) is 0 Å². The van der Waals surface area contributed by atoms with Gasteiger partial charge in [0.1, 0.15) is 17.0 Å². The summed E-state index contributed by atoms with van der Waals surface area (Å²) < 4.78 is 72.8. The zero-order chi connectivity index (χ0) is 30.9. The van der Waals surface area contributed by atoms with Crippen LogP contribution in [0.15, 0.2) is 53.7 Å². The quantitative estimate of drug-likeness (QED) is 0.315. The van der Waals surface area contributed by atoms with E-state index < -0.39 is 57.6 Å². The number of pyridine rings is 1. The number of rotatable bonds is 10. The van der Waals surface area contributed by atoms with Gasteiger partial charge in [-0.15, -0.1) is 0 Å². The highest BCUT2D eigenvalue weighted by atomic mass is 32.5. The number of carbonyl (C=O) groups is 3. The molecule has 4 rings (SSSR count). The van der Waals surface area contributed by atoms with Crippen LogP contribution in [0.1, 0.15) is 30.9 Å². The van der Waals surface area contributed by atoms with E-state index in [1.807, 2.05) is 6.19 Å². The predicted molar refractivity (Wildman–Crippen MR) is 143 cm³/mol. The van der Waals surface area contributed by atoms with E-state index in [1.54, 1.807) is 0 Å². The third-order valence-corrected chi connectivity index (χ3v) is 8.16. The molecule has 228 valence electrons. The molecule has 10 nitrogen and oxygen atoms in total. The average Bonchev–Trinajstić information content (AvgIpc) is 3.64. The molecule has 0 bridgehead atoms. The molecule has 1 N–H and O–H groups in total. The minimum Gasteiger partial charge on any atom is -0.379 e.